The van der Waals surface area contributed by atoms with Crippen molar-refractivity contribution in [1.29, 1.82) is 0 Å². The van der Waals surface area contributed by atoms with Crippen molar-refractivity contribution in [2.75, 3.05) is 18.4 Å². The lowest BCUT2D eigenvalue weighted by molar-refractivity contribution is 0.115. The molecule has 1 aliphatic heterocycles. The van der Waals surface area contributed by atoms with Gasteiger partial charge in [-0.15, -0.1) is 0 Å². The topological polar surface area (TPSA) is 48.7 Å². The predicted octanol–water partition coefficient (Wildman–Crippen LogP) is 5.94. The van der Waals surface area contributed by atoms with Crippen molar-refractivity contribution in [3.05, 3.63) is 88.8 Å². The first kappa shape index (κ1) is 21.5. The quantitative estimate of drug-likeness (QED) is 0.519. The van der Waals surface area contributed by atoms with Crippen LogP contribution in [0.1, 0.15) is 29.9 Å². The molecule has 162 valence electrons. The maximum absolute atomic E-state index is 13.2. The van der Waals surface area contributed by atoms with Crippen LogP contribution in [0.5, 0.6) is 0 Å². The number of urea groups is 1. The number of halogens is 1. The molecule has 1 aromatic heterocycles. The number of aryl methyl sites for hydroxylation is 1. The van der Waals surface area contributed by atoms with Gasteiger partial charge in [0, 0.05) is 36.4 Å². The zero-order chi connectivity index (χ0) is 21.6. The highest BCUT2D eigenvalue weighted by Gasteiger charge is 2.29. The van der Waals surface area contributed by atoms with E-state index < -0.39 is 0 Å². The van der Waals surface area contributed by atoms with Crippen LogP contribution in [-0.4, -0.2) is 35.0 Å². The van der Waals surface area contributed by atoms with Crippen molar-refractivity contribution in [2.45, 2.75) is 38.9 Å². The number of likely N-dealkylation sites (tertiary alicyclic amines) is 1. The number of nitrogens with one attached hydrogen (secondary N) is 1. The number of carbonyl (C=O) groups excluding carboxylic acids is 1. The highest BCUT2D eigenvalue weighted by Crippen LogP contribution is 2.23. The lowest BCUT2D eigenvalue weighted by Crippen LogP contribution is -2.48. The summed E-state index contributed by atoms with van der Waals surface area (Å²) in [5, 5.41) is 3.60. The molecule has 2 aromatic carbocycles. The molecule has 1 fully saturated rings. The molecule has 0 unspecified atom stereocenters. The minimum atomic E-state index is -0.127. The van der Waals surface area contributed by atoms with Crippen LogP contribution in [-0.2, 0) is 13.1 Å². The summed E-state index contributed by atoms with van der Waals surface area (Å²) in [7, 11) is 0. The van der Waals surface area contributed by atoms with Crippen molar-refractivity contribution in [1.82, 2.24) is 9.80 Å². The molecule has 2 amide bonds. The molecular weight excluding hydrogens is 410 g/mol. The molecule has 0 atom stereocenters. The Morgan fingerprint density at radius 2 is 1.87 bits per heavy atom. The van der Waals surface area contributed by atoms with Crippen molar-refractivity contribution >= 4 is 23.3 Å². The van der Waals surface area contributed by atoms with Crippen LogP contribution < -0.4 is 5.32 Å². The summed E-state index contributed by atoms with van der Waals surface area (Å²) in [6, 6.07) is 21.7. The van der Waals surface area contributed by atoms with Crippen LogP contribution in [0.4, 0.5) is 10.5 Å². The molecule has 0 saturated carbocycles. The van der Waals surface area contributed by atoms with Gasteiger partial charge in [0.15, 0.2) is 0 Å². The van der Waals surface area contributed by atoms with Gasteiger partial charge in [0.05, 0.1) is 6.54 Å². The average molecular weight is 438 g/mol. The summed E-state index contributed by atoms with van der Waals surface area (Å²) in [6.07, 6.45) is 1.85. The van der Waals surface area contributed by atoms with Crippen LogP contribution in [0.3, 0.4) is 0 Å². The average Bonchev–Trinajstić information content (AvgIpc) is 3.18. The Kier molecular flexibility index (Phi) is 6.95. The van der Waals surface area contributed by atoms with Gasteiger partial charge in [-0.3, -0.25) is 4.90 Å². The van der Waals surface area contributed by atoms with Gasteiger partial charge in [0.1, 0.15) is 11.5 Å². The number of hydrogen-bond acceptors (Lipinski definition) is 3. The Morgan fingerprint density at radius 1 is 1.10 bits per heavy atom. The van der Waals surface area contributed by atoms with E-state index in [0.717, 1.165) is 44.0 Å². The molecule has 31 heavy (non-hydrogen) atoms. The number of piperidine rings is 1. The number of furan rings is 1. The minimum absolute atomic E-state index is 0.127. The Labute approximate surface area is 188 Å². The van der Waals surface area contributed by atoms with E-state index in [4.69, 9.17) is 16.0 Å². The fraction of sp³-hybridized carbons (Fsp3) is 0.320. The van der Waals surface area contributed by atoms with E-state index in [2.05, 4.69) is 34.5 Å². The van der Waals surface area contributed by atoms with Crippen LogP contribution >= 0.6 is 11.6 Å². The van der Waals surface area contributed by atoms with Gasteiger partial charge in [-0.25, -0.2) is 4.79 Å². The third-order valence-electron chi connectivity index (χ3n) is 5.71. The fourth-order valence-electron chi connectivity index (χ4n) is 4.10. The lowest BCUT2D eigenvalue weighted by Gasteiger charge is -2.38. The zero-order valence-electron chi connectivity index (χ0n) is 17.8. The summed E-state index contributed by atoms with van der Waals surface area (Å²) < 4.78 is 5.77. The standard InChI is InChI=1S/C25H28ClN3O2/c1-19-10-11-24(31-19)18-29(25(30)27-22-9-5-8-21(26)16-22)23-12-14-28(15-13-23)17-20-6-3-2-4-7-20/h2-11,16,23H,12-15,17-18H2,1H3,(H,27,30). The first-order valence-electron chi connectivity index (χ1n) is 10.7. The largest absolute Gasteiger partial charge is 0.464 e. The molecule has 1 aliphatic rings. The van der Waals surface area contributed by atoms with E-state index >= 15 is 0 Å². The van der Waals surface area contributed by atoms with E-state index in [1.165, 1.54) is 5.56 Å². The van der Waals surface area contributed by atoms with E-state index in [-0.39, 0.29) is 12.1 Å². The maximum Gasteiger partial charge on any atom is 0.322 e. The Bertz CT molecular complexity index is 997. The number of amides is 2. The van der Waals surface area contributed by atoms with Gasteiger partial charge in [0.2, 0.25) is 0 Å². The molecule has 1 saturated heterocycles. The molecule has 0 bridgehead atoms. The highest BCUT2D eigenvalue weighted by molar-refractivity contribution is 6.30. The highest BCUT2D eigenvalue weighted by atomic mass is 35.5. The summed E-state index contributed by atoms with van der Waals surface area (Å²) in [5.74, 6) is 1.65. The van der Waals surface area contributed by atoms with E-state index in [9.17, 15) is 4.79 Å². The Hall–Kier alpha value is -2.76. The van der Waals surface area contributed by atoms with Crippen LogP contribution in [0.2, 0.25) is 5.02 Å². The monoisotopic (exact) mass is 437 g/mol. The van der Waals surface area contributed by atoms with Crippen molar-refractivity contribution in [3.63, 3.8) is 0 Å². The van der Waals surface area contributed by atoms with Crippen LogP contribution in [0.15, 0.2) is 71.1 Å². The minimum Gasteiger partial charge on any atom is -0.464 e. The number of nitrogens with zero attached hydrogens (tertiary/aromatic N) is 2. The molecule has 0 spiro atoms. The third-order valence-corrected chi connectivity index (χ3v) is 5.94. The first-order chi connectivity index (χ1) is 15.1. The van der Waals surface area contributed by atoms with Crippen molar-refractivity contribution < 1.29 is 9.21 Å². The number of carbonyl (C=O) groups is 1. The van der Waals surface area contributed by atoms with Gasteiger partial charge in [-0.1, -0.05) is 48.0 Å². The van der Waals surface area contributed by atoms with Crippen molar-refractivity contribution in [2.24, 2.45) is 0 Å². The lowest BCUT2D eigenvalue weighted by atomic mass is 10.0. The zero-order valence-corrected chi connectivity index (χ0v) is 18.5. The number of rotatable bonds is 6. The summed E-state index contributed by atoms with van der Waals surface area (Å²) >= 11 is 6.09. The van der Waals surface area contributed by atoms with Crippen molar-refractivity contribution in [3.8, 4) is 0 Å². The van der Waals surface area contributed by atoms with E-state index in [1.807, 2.05) is 42.2 Å². The van der Waals surface area contributed by atoms with E-state index in [1.54, 1.807) is 12.1 Å². The summed E-state index contributed by atoms with van der Waals surface area (Å²) in [6.45, 7) is 5.22. The summed E-state index contributed by atoms with van der Waals surface area (Å²) in [4.78, 5) is 17.6. The van der Waals surface area contributed by atoms with Crippen LogP contribution in [0.25, 0.3) is 0 Å². The molecule has 4 rings (SSSR count). The molecule has 0 aliphatic carbocycles. The number of hydrogen-bond donors (Lipinski definition) is 1. The molecule has 1 N–H and O–H groups in total. The fourth-order valence-corrected chi connectivity index (χ4v) is 4.29. The third kappa shape index (κ3) is 5.90. The number of anilines is 1. The number of benzene rings is 2. The molecule has 3 aromatic rings. The van der Waals surface area contributed by atoms with Gasteiger partial charge in [-0.2, -0.15) is 0 Å². The van der Waals surface area contributed by atoms with E-state index in [0.29, 0.717) is 17.3 Å². The smallest absolute Gasteiger partial charge is 0.322 e. The Morgan fingerprint density at radius 3 is 2.55 bits per heavy atom. The second kappa shape index (κ2) is 10.0. The predicted molar refractivity (Wildman–Crippen MR) is 124 cm³/mol. The molecular formula is C25H28ClN3O2. The second-order valence-electron chi connectivity index (χ2n) is 8.07. The first-order valence-corrected chi connectivity index (χ1v) is 11.1. The summed E-state index contributed by atoms with van der Waals surface area (Å²) in [5.41, 5.74) is 2.02. The van der Waals surface area contributed by atoms with Gasteiger partial charge >= 0.3 is 6.03 Å². The molecule has 0 radical (unpaired) electrons. The van der Waals surface area contributed by atoms with Gasteiger partial charge in [0.25, 0.3) is 0 Å². The normalized spacial score (nSPS) is 15.0. The molecule has 6 heteroatoms. The maximum atomic E-state index is 13.2. The van der Waals surface area contributed by atoms with Gasteiger partial charge in [-0.05, 0) is 55.7 Å². The second-order valence-corrected chi connectivity index (χ2v) is 8.51. The van der Waals surface area contributed by atoms with Crippen LogP contribution in [0, 0.1) is 6.92 Å². The molecule has 2 heterocycles. The van der Waals surface area contributed by atoms with Gasteiger partial charge < -0.3 is 14.6 Å². The SMILES string of the molecule is Cc1ccc(CN(C(=O)Nc2cccc(Cl)c2)C2CCN(Cc3ccccc3)CC2)o1. The Balaban J connectivity index is 1.43. The molecule has 5 nitrogen and oxygen atoms in total.